The fourth-order valence-electron chi connectivity index (χ4n) is 2.59. The number of hydrogen-bond acceptors (Lipinski definition) is 2. The predicted octanol–water partition coefficient (Wildman–Crippen LogP) is 2.63. The van der Waals surface area contributed by atoms with E-state index in [0.29, 0.717) is 11.6 Å². The molecule has 1 saturated carbocycles. The van der Waals surface area contributed by atoms with Gasteiger partial charge >= 0.3 is 0 Å². The van der Waals surface area contributed by atoms with Crippen molar-refractivity contribution in [2.45, 2.75) is 31.6 Å². The highest BCUT2D eigenvalue weighted by Gasteiger charge is 2.23. The Morgan fingerprint density at radius 2 is 1.94 bits per heavy atom. The van der Waals surface area contributed by atoms with Gasteiger partial charge in [-0.05, 0) is 36.5 Å². The molecule has 0 bridgehead atoms. The first-order chi connectivity index (χ1) is 8.09. The van der Waals surface area contributed by atoms with Crippen molar-refractivity contribution in [3.05, 3.63) is 29.3 Å². The number of carbonyl (C=O) groups is 1. The Bertz CT molecular complexity index is 420. The number of carbonyl (C=O) groups excluding carboxylic acids is 1. The predicted molar refractivity (Wildman–Crippen MR) is 70.1 cm³/mol. The number of amides is 1. The average molecular weight is 232 g/mol. The maximum Gasteiger partial charge on any atom is 0.253 e. The van der Waals surface area contributed by atoms with Crippen LogP contribution in [0.25, 0.3) is 0 Å². The Morgan fingerprint density at radius 1 is 1.29 bits per heavy atom. The number of rotatable bonds is 2. The van der Waals surface area contributed by atoms with E-state index in [2.05, 4.69) is 0 Å². The molecule has 0 spiro atoms. The lowest BCUT2D eigenvalue weighted by molar-refractivity contribution is 0.0826. The Morgan fingerprint density at radius 3 is 2.53 bits per heavy atom. The molecule has 0 aliphatic heterocycles. The van der Waals surface area contributed by atoms with Gasteiger partial charge in [0, 0.05) is 25.3 Å². The third kappa shape index (κ3) is 2.43. The van der Waals surface area contributed by atoms with E-state index in [0.717, 1.165) is 5.56 Å². The third-order valence-electron chi connectivity index (χ3n) is 3.51. The number of nitrogens with two attached hydrogens (primary N) is 1. The molecule has 2 rings (SSSR count). The average Bonchev–Trinajstić information content (AvgIpc) is 2.81. The van der Waals surface area contributed by atoms with Crippen LogP contribution in [-0.2, 0) is 0 Å². The molecule has 3 heteroatoms. The van der Waals surface area contributed by atoms with Crippen LogP contribution in [-0.4, -0.2) is 24.9 Å². The molecule has 1 aliphatic carbocycles. The molecular weight excluding hydrogens is 212 g/mol. The van der Waals surface area contributed by atoms with Crippen molar-refractivity contribution in [3.63, 3.8) is 0 Å². The SMILES string of the molecule is CN(C)C(=O)c1cc(N)ccc1C1CCCC1. The highest BCUT2D eigenvalue weighted by Crippen LogP contribution is 2.36. The lowest BCUT2D eigenvalue weighted by atomic mass is 9.92. The maximum atomic E-state index is 12.1. The smallest absolute Gasteiger partial charge is 0.253 e. The molecule has 0 radical (unpaired) electrons. The lowest BCUT2D eigenvalue weighted by Crippen LogP contribution is -2.23. The quantitative estimate of drug-likeness (QED) is 0.797. The van der Waals surface area contributed by atoms with Crippen molar-refractivity contribution in [3.8, 4) is 0 Å². The number of anilines is 1. The van der Waals surface area contributed by atoms with Crippen LogP contribution in [0.1, 0.15) is 47.5 Å². The fourth-order valence-corrected chi connectivity index (χ4v) is 2.59. The summed E-state index contributed by atoms with van der Waals surface area (Å²) in [5.74, 6) is 0.591. The van der Waals surface area contributed by atoms with Crippen LogP contribution in [0.15, 0.2) is 18.2 Å². The van der Waals surface area contributed by atoms with Crippen molar-refractivity contribution in [2.24, 2.45) is 0 Å². The van der Waals surface area contributed by atoms with Crippen LogP contribution in [0.3, 0.4) is 0 Å². The minimum atomic E-state index is 0.0548. The van der Waals surface area contributed by atoms with Crippen molar-refractivity contribution in [1.82, 2.24) is 4.90 Å². The first-order valence-corrected chi connectivity index (χ1v) is 6.20. The van der Waals surface area contributed by atoms with Crippen molar-refractivity contribution >= 4 is 11.6 Å². The monoisotopic (exact) mass is 232 g/mol. The molecule has 1 aliphatic rings. The normalized spacial score (nSPS) is 16.1. The molecule has 1 amide bonds. The molecule has 2 N–H and O–H groups in total. The summed E-state index contributed by atoms with van der Waals surface area (Å²) in [5, 5.41) is 0. The van der Waals surface area contributed by atoms with Crippen molar-refractivity contribution in [1.29, 1.82) is 0 Å². The molecule has 1 fully saturated rings. The van der Waals surface area contributed by atoms with Gasteiger partial charge in [0.25, 0.3) is 5.91 Å². The molecule has 0 heterocycles. The zero-order valence-electron chi connectivity index (χ0n) is 10.6. The second-order valence-electron chi connectivity index (χ2n) is 5.03. The van der Waals surface area contributed by atoms with E-state index in [9.17, 15) is 4.79 Å². The summed E-state index contributed by atoms with van der Waals surface area (Å²) in [6.07, 6.45) is 4.92. The number of benzene rings is 1. The highest BCUT2D eigenvalue weighted by molar-refractivity contribution is 5.96. The molecule has 0 atom stereocenters. The Hall–Kier alpha value is -1.51. The molecule has 0 saturated heterocycles. The molecule has 0 aromatic heterocycles. The molecular formula is C14H20N2O. The van der Waals surface area contributed by atoms with Crippen LogP contribution in [0.5, 0.6) is 0 Å². The zero-order valence-corrected chi connectivity index (χ0v) is 10.6. The molecule has 92 valence electrons. The van der Waals surface area contributed by atoms with Crippen LogP contribution < -0.4 is 5.73 Å². The van der Waals surface area contributed by atoms with Gasteiger partial charge in [0.15, 0.2) is 0 Å². The van der Waals surface area contributed by atoms with E-state index in [1.807, 2.05) is 18.2 Å². The van der Waals surface area contributed by atoms with Crippen LogP contribution >= 0.6 is 0 Å². The lowest BCUT2D eigenvalue weighted by Gasteiger charge is -2.18. The summed E-state index contributed by atoms with van der Waals surface area (Å²) >= 11 is 0. The number of nitrogen functional groups attached to an aromatic ring is 1. The van der Waals surface area contributed by atoms with E-state index >= 15 is 0 Å². The molecule has 17 heavy (non-hydrogen) atoms. The second kappa shape index (κ2) is 4.78. The summed E-state index contributed by atoms with van der Waals surface area (Å²) < 4.78 is 0. The highest BCUT2D eigenvalue weighted by atomic mass is 16.2. The maximum absolute atomic E-state index is 12.1. The van der Waals surface area contributed by atoms with Gasteiger partial charge in [-0.1, -0.05) is 18.9 Å². The van der Waals surface area contributed by atoms with Gasteiger partial charge in [-0.3, -0.25) is 4.79 Å². The van der Waals surface area contributed by atoms with Gasteiger partial charge in [0.1, 0.15) is 0 Å². The Balaban J connectivity index is 2.40. The molecule has 1 aromatic rings. The van der Waals surface area contributed by atoms with Gasteiger partial charge < -0.3 is 10.6 Å². The number of nitrogens with zero attached hydrogens (tertiary/aromatic N) is 1. The summed E-state index contributed by atoms with van der Waals surface area (Å²) in [6.45, 7) is 0. The standard InChI is InChI=1S/C14H20N2O/c1-16(2)14(17)13-9-11(15)7-8-12(13)10-5-3-4-6-10/h7-10H,3-6,15H2,1-2H3. The van der Waals surface area contributed by atoms with Gasteiger partial charge in [-0.2, -0.15) is 0 Å². The Labute approximate surface area is 103 Å². The van der Waals surface area contributed by atoms with E-state index in [1.54, 1.807) is 19.0 Å². The topological polar surface area (TPSA) is 46.3 Å². The fraction of sp³-hybridized carbons (Fsp3) is 0.500. The molecule has 0 unspecified atom stereocenters. The van der Waals surface area contributed by atoms with Gasteiger partial charge in [0.05, 0.1) is 0 Å². The molecule has 3 nitrogen and oxygen atoms in total. The van der Waals surface area contributed by atoms with Gasteiger partial charge in [-0.25, -0.2) is 0 Å². The minimum absolute atomic E-state index is 0.0548. The summed E-state index contributed by atoms with van der Waals surface area (Å²) in [6, 6.07) is 5.75. The minimum Gasteiger partial charge on any atom is -0.399 e. The van der Waals surface area contributed by atoms with E-state index in [4.69, 9.17) is 5.73 Å². The number of hydrogen-bond donors (Lipinski definition) is 1. The first kappa shape index (κ1) is 12.0. The van der Waals surface area contributed by atoms with Crippen LogP contribution in [0.2, 0.25) is 0 Å². The Kier molecular flexibility index (Phi) is 3.36. The molecule has 1 aromatic carbocycles. The largest absolute Gasteiger partial charge is 0.399 e. The van der Waals surface area contributed by atoms with Crippen LogP contribution in [0.4, 0.5) is 5.69 Å². The summed E-state index contributed by atoms with van der Waals surface area (Å²) in [7, 11) is 3.56. The van der Waals surface area contributed by atoms with Crippen molar-refractivity contribution < 1.29 is 4.79 Å². The third-order valence-corrected chi connectivity index (χ3v) is 3.51. The van der Waals surface area contributed by atoms with Crippen molar-refractivity contribution in [2.75, 3.05) is 19.8 Å². The van der Waals surface area contributed by atoms with E-state index in [-0.39, 0.29) is 5.91 Å². The second-order valence-corrected chi connectivity index (χ2v) is 5.03. The summed E-state index contributed by atoms with van der Waals surface area (Å²) in [4.78, 5) is 13.8. The zero-order chi connectivity index (χ0) is 12.4. The first-order valence-electron chi connectivity index (χ1n) is 6.20. The summed E-state index contributed by atoms with van der Waals surface area (Å²) in [5.41, 5.74) is 8.41. The van der Waals surface area contributed by atoms with Gasteiger partial charge in [0.2, 0.25) is 0 Å². The van der Waals surface area contributed by atoms with E-state index in [1.165, 1.54) is 31.2 Å². The van der Waals surface area contributed by atoms with Gasteiger partial charge in [-0.15, -0.1) is 0 Å². The van der Waals surface area contributed by atoms with E-state index < -0.39 is 0 Å². The van der Waals surface area contributed by atoms with Crippen LogP contribution in [0, 0.1) is 0 Å².